The van der Waals surface area contributed by atoms with E-state index in [-0.39, 0.29) is 21.7 Å². The minimum atomic E-state index is 0. The van der Waals surface area contributed by atoms with Gasteiger partial charge < -0.3 is 0 Å². The van der Waals surface area contributed by atoms with Crippen molar-refractivity contribution in [3.05, 3.63) is 94.0 Å². The summed E-state index contributed by atoms with van der Waals surface area (Å²) >= 11 is 2.93. The monoisotopic (exact) mass is 349 g/mol. The molecule has 1 aromatic rings. The minimum Gasteiger partial charge on any atom is -0.0312 e. The van der Waals surface area contributed by atoms with Crippen LogP contribution in [-0.4, -0.2) is 16.0 Å². The molecule has 0 nitrogen and oxygen atoms in total. The topological polar surface area (TPSA) is 0 Å². The van der Waals surface area contributed by atoms with Gasteiger partial charge in [-0.3, -0.25) is 0 Å². The van der Waals surface area contributed by atoms with Crippen LogP contribution in [0.5, 0.6) is 0 Å². The maximum atomic E-state index is 2.93. The third-order valence-electron chi connectivity index (χ3n) is 2.13. The van der Waals surface area contributed by atoms with E-state index in [1.54, 1.807) is 0 Å². The Morgan fingerprint density at radius 1 is 0.579 bits per heavy atom. The van der Waals surface area contributed by atoms with Crippen LogP contribution >= 0.6 is 0 Å². The van der Waals surface area contributed by atoms with Crippen molar-refractivity contribution in [3.63, 3.8) is 0 Å². The molecule has 1 aromatic carbocycles. The van der Waals surface area contributed by atoms with Gasteiger partial charge in [0.15, 0.2) is 0 Å². The molecule has 11 radical (unpaired) electrons. The van der Waals surface area contributed by atoms with E-state index in [2.05, 4.69) is 47.2 Å². The summed E-state index contributed by atoms with van der Waals surface area (Å²) in [4.78, 5) is 0. The van der Waals surface area contributed by atoms with Crippen molar-refractivity contribution >= 4 is 20.5 Å². The van der Waals surface area contributed by atoms with Crippen LogP contribution in [0.15, 0.2) is 24.3 Å². The van der Waals surface area contributed by atoms with Crippen molar-refractivity contribution in [2.45, 2.75) is 6.92 Å². The molecule has 0 atom stereocenters. The summed E-state index contributed by atoms with van der Waals surface area (Å²) in [7, 11) is 0. The van der Waals surface area contributed by atoms with Crippen LogP contribution in [0.4, 0.5) is 0 Å². The normalized spacial score (nSPS) is 16.5. The van der Waals surface area contributed by atoms with Gasteiger partial charge in [0.2, 0.25) is 0 Å². The third kappa shape index (κ3) is 11.9. The first-order valence-electron chi connectivity index (χ1n) is 5.86. The van der Waals surface area contributed by atoms with Gasteiger partial charge in [-0.1, -0.05) is 0 Å². The molecule has 0 amide bonds. The maximum Gasteiger partial charge on any atom is 2.00 e. The van der Waals surface area contributed by atoms with E-state index in [0.717, 1.165) is 0 Å². The van der Waals surface area contributed by atoms with Gasteiger partial charge in [0.1, 0.15) is 0 Å². The van der Waals surface area contributed by atoms with Gasteiger partial charge in [-0.25, -0.2) is 0 Å². The summed E-state index contributed by atoms with van der Waals surface area (Å²) in [5.74, 6) is 0. The molecule has 0 spiro atoms. The fraction of sp³-hybridized carbons (Fsp3) is 0.0588. The van der Waals surface area contributed by atoms with Crippen LogP contribution in [0.2, 0.25) is 0 Å². The summed E-state index contributed by atoms with van der Waals surface area (Å²) in [5, 5.41) is 0. The molecule has 0 N–H and O–H groups in total. The van der Waals surface area contributed by atoms with E-state index in [0.29, 0.717) is 0 Å². The first-order chi connectivity index (χ1) is 8.79. The molecule has 0 unspecified atom stereocenters. The van der Waals surface area contributed by atoms with Gasteiger partial charge >= 0.3 is 78.9 Å². The zero-order chi connectivity index (χ0) is 13.1. The standard InChI is InChI=1S/C7H7Se.2C5H5.Ti/c1-6-2-4-7(8)5-3-6;2*1-2-4-5-3-1;/h2-5H,1H3;2*1-5H;/q;;;+2. The van der Waals surface area contributed by atoms with E-state index in [1.165, 1.54) is 10.0 Å². The van der Waals surface area contributed by atoms with Gasteiger partial charge in [0.25, 0.3) is 0 Å². The Labute approximate surface area is 142 Å². The van der Waals surface area contributed by atoms with Crippen LogP contribution in [0, 0.1) is 71.1 Å². The summed E-state index contributed by atoms with van der Waals surface area (Å²) < 4.78 is 1.20. The van der Waals surface area contributed by atoms with Crippen LogP contribution in [0.1, 0.15) is 5.56 Å². The zero-order valence-electron chi connectivity index (χ0n) is 11.0. The molecule has 2 aliphatic rings. The molecule has 3 rings (SSSR count). The quantitative estimate of drug-likeness (QED) is 0.633. The second kappa shape index (κ2) is 13.4. The molecule has 93 valence electrons. The van der Waals surface area contributed by atoms with Crippen molar-refractivity contribution < 1.29 is 21.7 Å². The van der Waals surface area contributed by atoms with Gasteiger partial charge in [-0.15, -0.1) is 0 Å². The Morgan fingerprint density at radius 3 is 1.05 bits per heavy atom. The molecule has 0 bridgehead atoms. The van der Waals surface area contributed by atoms with Gasteiger partial charge in [-0.2, -0.15) is 0 Å². The number of hydrogen-bond acceptors (Lipinski definition) is 0. The first-order valence-corrected chi connectivity index (χ1v) is 6.72. The van der Waals surface area contributed by atoms with E-state index < -0.39 is 0 Å². The number of rotatable bonds is 0. The molecule has 0 aliphatic heterocycles. The molecule has 19 heavy (non-hydrogen) atoms. The van der Waals surface area contributed by atoms with E-state index in [1.807, 2.05) is 64.2 Å². The SMILES string of the molecule is Cc1ccc([Se])cc1.[CH]1[CH][CH][CH][CH]1.[CH]1[CH][CH][CH][CH]1.[Ti+2]. The zero-order valence-corrected chi connectivity index (χ0v) is 14.3. The van der Waals surface area contributed by atoms with Crippen molar-refractivity contribution in [2.75, 3.05) is 0 Å². The molecule has 2 aliphatic carbocycles. The predicted molar refractivity (Wildman–Crippen MR) is 79.6 cm³/mol. The van der Waals surface area contributed by atoms with Crippen molar-refractivity contribution in [1.29, 1.82) is 0 Å². The van der Waals surface area contributed by atoms with E-state index in [4.69, 9.17) is 0 Å². The molecule has 0 heterocycles. The number of aryl methyl sites for hydroxylation is 1. The third-order valence-corrected chi connectivity index (χ3v) is 2.70. The summed E-state index contributed by atoms with van der Waals surface area (Å²) in [6.45, 7) is 2.08. The van der Waals surface area contributed by atoms with Crippen molar-refractivity contribution in [1.82, 2.24) is 0 Å². The molecule has 0 aromatic heterocycles. The van der Waals surface area contributed by atoms with Crippen LogP contribution in [0.3, 0.4) is 0 Å². The largest absolute Gasteiger partial charge is 2.00 e. The number of hydrogen-bond donors (Lipinski definition) is 0. The summed E-state index contributed by atoms with van der Waals surface area (Å²) in [6, 6.07) is 8.31. The maximum absolute atomic E-state index is 2.93. The second-order valence-electron chi connectivity index (χ2n) is 3.74. The molecule has 0 saturated heterocycles. The number of benzene rings is 1. The minimum absolute atomic E-state index is 0. The smallest absolute Gasteiger partial charge is 0.0312 e. The van der Waals surface area contributed by atoms with Gasteiger partial charge in [-0.05, 0) is 64.2 Å². The predicted octanol–water partition coefficient (Wildman–Crippen LogP) is 2.83. The molecule has 2 fully saturated rings. The van der Waals surface area contributed by atoms with E-state index in [9.17, 15) is 0 Å². The van der Waals surface area contributed by atoms with Crippen LogP contribution < -0.4 is 4.46 Å². The summed E-state index contributed by atoms with van der Waals surface area (Å²) in [5.41, 5.74) is 1.31. The van der Waals surface area contributed by atoms with Crippen molar-refractivity contribution in [3.8, 4) is 0 Å². The average Bonchev–Trinajstić information content (AvgIpc) is 3.11. The van der Waals surface area contributed by atoms with Crippen LogP contribution in [0.25, 0.3) is 0 Å². The Bertz CT molecular complexity index is 240. The Morgan fingerprint density at radius 2 is 0.842 bits per heavy atom. The van der Waals surface area contributed by atoms with Gasteiger partial charge in [0, 0.05) is 0 Å². The Balaban J connectivity index is 0.000000259. The Hall–Kier alpha value is 0.454. The van der Waals surface area contributed by atoms with E-state index >= 15 is 0 Å². The van der Waals surface area contributed by atoms with Gasteiger partial charge in [0.05, 0.1) is 0 Å². The van der Waals surface area contributed by atoms with Crippen molar-refractivity contribution in [2.24, 2.45) is 0 Å². The fourth-order valence-corrected chi connectivity index (χ4v) is 1.47. The Kier molecular flexibility index (Phi) is 13.8. The summed E-state index contributed by atoms with van der Waals surface area (Å²) in [6.07, 6.45) is 20.0. The molecule has 2 heteroatoms. The first kappa shape index (κ1) is 19.5. The molecule has 2 saturated carbocycles. The second-order valence-corrected chi connectivity index (χ2v) is 4.73. The van der Waals surface area contributed by atoms with Crippen LogP contribution in [-0.2, 0) is 21.7 Å². The molecular weight excluding hydrogens is 331 g/mol. The molecular formula is C17H17SeTi+2. The average molecular weight is 348 g/mol. The fourth-order valence-electron chi connectivity index (χ4n) is 1.18.